The van der Waals surface area contributed by atoms with Gasteiger partial charge >= 0.3 is 0 Å². The lowest BCUT2D eigenvalue weighted by Gasteiger charge is -2.09. The molecule has 1 N–H and O–H groups in total. The standard InChI is InChI=1S/C17H11F2NO2S2/c1-22-14-5-3-9(10-2-4-12(18)13(19)7-10)6-11(14)8-15-16(21)20-17(23)24-15/h2-8H,1H3,(H,20,21,23)/b15-8-. The molecule has 3 rings (SSSR count). The first kappa shape index (κ1) is 16.6. The average Bonchev–Trinajstić information content (AvgIpc) is 2.87. The van der Waals surface area contributed by atoms with Gasteiger partial charge in [-0.05, 0) is 41.5 Å². The van der Waals surface area contributed by atoms with E-state index in [0.717, 1.165) is 23.9 Å². The van der Waals surface area contributed by atoms with Crippen LogP contribution in [0.3, 0.4) is 0 Å². The lowest BCUT2D eigenvalue weighted by molar-refractivity contribution is -0.115. The highest BCUT2D eigenvalue weighted by Gasteiger charge is 2.22. The van der Waals surface area contributed by atoms with E-state index in [-0.39, 0.29) is 5.91 Å². The minimum absolute atomic E-state index is 0.273. The number of hydrogen-bond acceptors (Lipinski definition) is 4. The summed E-state index contributed by atoms with van der Waals surface area (Å²) in [5, 5.41) is 2.54. The van der Waals surface area contributed by atoms with Crippen molar-refractivity contribution in [2.45, 2.75) is 0 Å². The summed E-state index contributed by atoms with van der Waals surface area (Å²) in [6, 6.07) is 8.88. The molecule has 7 heteroatoms. The lowest BCUT2D eigenvalue weighted by atomic mass is 10.0. The Balaban J connectivity index is 2.05. The first-order valence-corrected chi connectivity index (χ1v) is 8.08. The number of carbonyl (C=O) groups is 1. The predicted molar refractivity (Wildman–Crippen MR) is 94.7 cm³/mol. The molecule has 0 atom stereocenters. The third-order valence-electron chi connectivity index (χ3n) is 3.41. The van der Waals surface area contributed by atoms with E-state index < -0.39 is 11.6 Å². The zero-order chi connectivity index (χ0) is 17.3. The van der Waals surface area contributed by atoms with Gasteiger partial charge in [-0.2, -0.15) is 0 Å². The van der Waals surface area contributed by atoms with Crippen LogP contribution in [0, 0.1) is 11.6 Å². The average molecular weight is 363 g/mol. The van der Waals surface area contributed by atoms with Crippen LogP contribution in [0.2, 0.25) is 0 Å². The maximum atomic E-state index is 13.5. The molecule has 0 spiro atoms. The number of hydrogen-bond donors (Lipinski definition) is 1. The van der Waals surface area contributed by atoms with E-state index >= 15 is 0 Å². The van der Waals surface area contributed by atoms with Gasteiger partial charge in [-0.1, -0.05) is 36.1 Å². The van der Waals surface area contributed by atoms with Gasteiger partial charge in [0.15, 0.2) is 11.6 Å². The summed E-state index contributed by atoms with van der Waals surface area (Å²) in [5.74, 6) is -1.54. The fourth-order valence-corrected chi connectivity index (χ4v) is 3.30. The van der Waals surface area contributed by atoms with Crippen LogP contribution in [0.15, 0.2) is 41.3 Å². The number of ether oxygens (including phenoxy) is 1. The zero-order valence-electron chi connectivity index (χ0n) is 12.4. The largest absolute Gasteiger partial charge is 0.496 e. The highest BCUT2D eigenvalue weighted by atomic mass is 32.2. The quantitative estimate of drug-likeness (QED) is 0.657. The Labute approximate surface area is 146 Å². The van der Waals surface area contributed by atoms with E-state index in [1.807, 2.05) is 0 Å². The van der Waals surface area contributed by atoms with Crippen LogP contribution in [0.4, 0.5) is 8.78 Å². The summed E-state index contributed by atoms with van der Waals surface area (Å²) >= 11 is 6.12. The molecule has 1 aliphatic heterocycles. The number of thiocarbonyl (C=S) groups is 1. The molecular formula is C17H11F2NO2S2. The van der Waals surface area contributed by atoms with Crippen LogP contribution in [-0.4, -0.2) is 17.3 Å². The van der Waals surface area contributed by atoms with Crippen LogP contribution < -0.4 is 10.1 Å². The Kier molecular flexibility index (Phi) is 4.64. The zero-order valence-corrected chi connectivity index (χ0v) is 14.1. The molecule has 122 valence electrons. The highest BCUT2D eigenvalue weighted by molar-refractivity contribution is 8.26. The molecular weight excluding hydrogens is 352 g/mol. The van der Waals surface area contributed by atoms with Crippen molar-refractivity contribution in [3.8, 4) is 16.9 Å². The van der Waals surface area contributed by atoms with Crippen molar-refractivity contribution in [3.05, 3.63) is 58.5 Å². The molecule has 0 bridgehead atoms. The van der Waals surface area contributed by atoms with Crippen molar-refractivity contribution < 1.29 is 18.3 Å². The van der Waals surface area contributed by atoms with Crippen molar-refractivity contribution in [1.82, 2.24) is 5.32 Å². The van der Waals surface area contributed by atoms with E-state index in [2.05, 4.69) is 5.32 Å². The van der Waals surface area contributed by atoms with Crippen LogP contribution in [0.1, 0.15) is 5.56 Å². The SMILES string of the molecule is COc1ccc(-c2ccc(F)c(F)c2)cc1/C=C1\SC(=S)NC1=O. The maximum Gasteiger partial charge on any atom is 0.263 e. The molecule has 3 nitrogen and oxygen atoms in total. The molecule has 0 aliphatic carbocycles. The number of rotatable bonds is 3. The number of carbonyl (C=O) groups excluding carboxylic acids is 1. The van der Waals surface area contributed by atoms with Gasteiger partial charge in [-0.15, -0.1) is 0 Å². The number of nitrogens with one attached hydrogen (secondary N) is 1. The van der Waals surface area contributed by atoms with Crippen molar-refractivity contribution in [1.29, 1.82) is 0 Å². The fourth-order valence-electron chi connectivity index (χ4n) is 2.26. The van der Waals surface area contributed by atoms with Gasteiger partial charge in [0.05, 0.1) is 12.0 Å². The van der Waals surface area contributed by atoms with Gasteiger partial charge in [0.2, 0.25) is 0 Å². The second-order valence-electron chi connectivity index (χ2n) is 4.94. The lowest BCUT2D eigenvalue weighted by Crippen LogP contribution is -2.17. The van der Waals surface area contributed by atoms with Crippen LogP contribution in [-0.2, 0) is 4.79 Å². The van der Waals surface area contributed by atoms with Gasteiger partial charge < -0.3 is 10.1 Å². The Hall–Kier alpha value is -2.25. The third-order valence-corrected chi connectivity index (χ3v) is 4.57. The molecule has 0 unspecified atom stereocenters. The summed E-state index contributed by atoms with van der Waals surface area (Å²) in [4.78, 5) is 12.3. The predicted octanol–water partition coefficient (Wildman–Crippen LogP) is 4.13. The fraction of sp³-hybridized carbons (Fsp3) is 0.0588. The van der Waals surface area contributed by atoms with Crippen molar-refractivity contribution in [2.24, 2.45) is 0 Å². The van der Waals surface area contributed by atoms with Gasteiger partial charge in [0.25, 0.3) is 5.91 Å². The molecule has 0 saturated carbocycles. The smallest absolute Gasteiger partial charge is 0.263 e. The number of amides is 1. The molecule has 2 aromatic carbocycles. The minimum Gasteiger partial charge on any atom is -0.496 e. The van der Waals surface area contributed by atoms with E-state index in [9.17, 15) is 13.6 Å². The second-order valence-corrected chi connectivity index (χ2v) is 6.66. The Morgan fingerprint density at radius 2 is 1.83 bits per heavy atom. The molecule has 24 heavy (non-hydrogen) atoms. The number of benzene rings is 2. The maximum absolute atomic E-state index is 13.5. The summed E-state index contributed by atoms with van der Waals surface area (Å²) in [6.07, 6.45) is 1.65. The van der Waals surface area contributed by atoms with Gasteiger partial charge in [-0.25, -0.2) is 8.78 Å². The first-order chi connectivity index (χ1) is 11.5. The highest BCUT2D eigenvalue weighted by Crippen LogP contribution is 2.32. The molecule has 1 amide bonds. The van der Waals surface area contributed by atoms with Gasteiger partial charge in [0.1, 0.15) is 10.1 Å². The monoisotopic (exact) mass is 363 g/mol. The summed E-state index contributed by atoms with van der Waals surface area (Å²) < 4.78 is 32.2. The molecule has 1 aliphatic rings. The van der Waals surface area contributed by atoms with E-state index in [1.165, 1.54) is 13.2 Å². The van der Waals surface area contributed by atoms with Gasteiger partial charge in [0, 0.05) is 5.56 Å². The van der Waals surface area contributed by atoms with E-state index in [1.54, 1.807) is 24.3 Å². The number of halogens is 2. The topological polar surface area (TPSA) is 38.3 Å². The summed E-state index contributed by atoms with van der Waals surface area (Å²) in [6.45, 7) is 0. The normalized spacial score (nSPS) is 15.7. The molecule has 1 saturated heterocycles. The summed E-state index contributed by atoms with van der Waals surface area (Å²) in [7, 11) is 1.51. The Morgan fingerprint density at radius 3 is 2.46 bits per heavy atom. The molecule has 1 heterocycles. The van der Waals surface area contributed by atoms with Crippen molar-refractivity contribution in [2.75, 3.05) is 7.11 Å². The van der Waals surface area contributed by atoms with Crippen LogP contribution >= 0.6 is 24.0 Å². The van der Waals surface area contributed by atoms with E-state index in [0.29, 0.717) is 31.7 Å². The van der Waals surface area contributed by atoms with Crippen molar-refractivity contribution in [3.63, 3.8) is 0 Å². The minimum atomic E-state index is -0.917. The molecule has 0 radical (unpaired) electrons. The van der Waals surface area contributed by atoms with Crippen LogP contribution in [0.5, 0.6) is 5.75 Å². The Bertz CT molecular complexity index is 881. The molecule has 1 fully saturated rings. The molecule has 2 aromatic rings. The van der Waals surface area contributed by atoms with Crippen LogP contribution in [0.25, 0.3) is 17.2 Å². The van der Waals surface area contributed by atoms with Gasteiger partial charge in [-0.3, -0.25) is 4.79 Å². The third kappa shape index (κ3) is 3.32. The Morgan fingerprint density at radius 1 is 1.12 bits per heavy atom. The number of thioether (sulfide) groups is 1. The second kappa shape index (κ2) is 6.70. The first-order valence-electron chi connectivity index (χ1n) is 6.86. The number of methoxy groups -OCH3 is 1. The molecule has 0 aromatic heterocycles. The summed E-state index contributed by atoms with van der Waals surface area (Å²) in [5.41, 5.74) is 1.84. The van der Waals surface area contributed by atoms with Crippen molar-refractivity contribution >= 4 is 40.3 Å². The van der Waals surface area contributed by atoms with E-state index in [4.69, 9.17) is 17.0 Å².